The number of rotatable bonds is 8. The number of hydrogen-bond donors (Lipinski definition) is 1. The average Bonchev–Trinajstić information content (AvgIpc) is 2.28. The molecular weight excluding hydrogens is 290 g/mol. The third-order valence-electron chi connectivity index (χ3n) is 2.73. The Morgan fingerprint density at radius 1 is 1.28 bits per heavy atom. The van der Waals surface area contributed by atoms with Gasteiger partial charge in [0.2, 0.25) is 0 Å². The summed E-state index contributed by atoms with van der Waals surface area (Å²) in [6.45, 7) is 7.67. The topological polar surface area (TPSA) is 37.8 Å². The Hall–Kier alpha value is -0.640. The Labute approximate surface area is 119 Å². The number of hydrogen-bond acceptors (Lipinski definition) is 3. The van der Waals surface area contributed by atoms with Crippen LogP contribution >= 0.6 is 15.9 Å². The van der Waals surface area contributed by atoms with E-state index in [0.29, 0.717) is 0 Å². The molecule has 0 saturated carbocycles. The molecule has 0 aliphatic rings. The van der Waals surface area contributed by atoms with Crippen molar-refractivity contribution in [1.82, 2.24) is 9.97 Å². The second kappa shape index (κ2) is 8.46. The molecule has 1 aromatic heterocycles. The van der Waals surface area contributed by atoms with Crippen LogP contribution in [0, 0.1) is 5.92 Å². The van der Waals surface area contributed by atoms with Gasteiger partial charge in [0, 0.05) is 19.0 Å². The first-order valence-electron chi connectivity index (χ1n) is 6.89. The molecule has 0 fully saturated rings. The summed E-state index contributed by atoms with van der Waals surface area (Å²) in [5.74, 6) is 2.65. The maximum atomic E-state index is 4.50. The molecule has 0 spiro atoms. The maximum Gasteiger partial charge on any atom is 0.132 e. The van der Waals surface area contributed by atoms with Crippen molar-refractivity contribution < 1.29 is 0 Å². The average molecular weight is 314 g/mol. The van der Waals surface area contributed by atoms with Gasteiger partial charge in [-0.15, -0.1) is 0 Å². The Kier molecular flexibility index (Phi) is 7.25. The lowest BCUT2D eigenvalue weighted by Gasteiger charge is -2.08. The molecule has 0 atom stereocenters. The molecule has 4 heteroatoms. The Morgan fingerprint density at radius 2 is 2.06 bits per heavy atom. The van der Waals surface area contributed by atoms with E-state index in [0.717, 1.165) is 41.5 Å². The second-order valence-corrected chi connectivity index (χ2v) is 5.87. The first-order chi connectivity index (χ1) is 8.61. The summed E-state index contributed by atoms with van der Waals surface area (Å²) in [6, 6.07) is 1.95. The van der Waals surface area contributed by atoms with Crippen LogP contribution in [0.25, 0.3) is 0 Å². The molecular formula is C14H24BrN3. The van der Waals surface area contributed by atoms with E-state index in [1.54, 1.807) is 0 Å². The van der Waals surface area contributed by atoms with Gasteiger partial charge in [-0.2, -0.15) is 0 Å². The van der Waals surface area contributed by atoms with Crippen molar-refractivity contribution in [2.75, 3.05) is 11.9 Å². The molecule has 0 bridgehead atoms. The van der Waals surface area contributed by atoms with Crippen LogP contribution in [0.15, 0.2) is 10.7 Å². The minimum Gasteiger partial charge on any atom is -0.370 e. The number of nitrogens with one attached hydrogen (secondary N) is 1. The fourth-order valence-corrected chi connectivity index (χ4v) is 2.21. The van der Waals surface area contributed by atoms with E-state index in [-0.39, 0.29) is 0 Å². The predicted molar refractivity (Wildman–Crippen MR) is 80.9 cm³/mol. The predicted octanol–water partition coefficient (Wildman–Crippen LogP) is 4.43. The van der Waals surface area contributed by atoms with Crippen molar-refractivity contribution in [3.05, 3.63) is 16.5 Å². The zero-order chi connectivity index (χ0) is 13.4. The van der Waals surface area contributed by atoms with E-state index >= 15 is 0 Å². The molecule has 18 heavy (non-hydrogen) atoms. The quantitative estimate of drug-likeness (QED) is 0.570. The first kappa shape index (κ1) is 15.4. The fraction of sp³-hybridized carbons (Fsp3) is 0.714. The lowest BCUT2D eigenvalue weighted by molar-refractivity contribution is 0.544. The number of aryl methyl sites for hydroxylation is 1. The summed E-state index contributed by atoms with van der Waals surface area (Å²) in [5, 5.41) is 3.38. The lowest BCUT2D eigenvalue weighted by Crippen LogP contribution is -2.06. The summed E-state index contributed by atoms with van der Waals surface area (Å²) in [7, 11) is 0. The molecule has 0 amide bonds. The number of aromatic nitrogens is 2. The highest BCUT2D eigenvalue weighted by Gasteiger charge is 2.02. The molecule has 0 aliphatic heterocycles. The van der Waals surface area contributed by atoms with Gasteiger partial charge >= 0.3 is 0 Å². The molecule has 0 unspecified atom stereocenters. The van der Waals surface area contributed by atoms with Crippen LogP contribution < -0.4 is 5.32 Å². The van der Waals surface area contributed by atoms with Gasteiger partial charge in [-0.25, -0.2) is 9.97 Å². The number of nitrogens with zero attached hydrogens (tertiary/aromatic N) is 2. The normalized spacial score (nSPS) is 10.9. The molecule has 1 aromatic rings. The van der Waals surface area contributed by atoms with Crippen LogP contribution in [0.5, 0.6) is 0 Å². The van der Waals surface area contributed by atoms with Crippen molar-refractivity contribution in [3.63, 3.8) is 0 Å². The molecule has 0 aromatic carbocycles. The summed E-state index contributed by atoms with van der Waals surface area (Å²) in [4.78, 5) is 8.86. The Balaban J connectivity index is 2.37. The van der Waals surface area contributed by atoms with Crippen LogP contribution in [0.1, 0.15) is 52.3 Å². The van der Waals surface area contributed by atoms with Gasteiger partial charge in [0.25, 0.3) is 0 Å². The molecule has 1 rings (SSSR count). The molecule has 0 radical (unpaired) electrons. The molecule has 102 valence electrons. The standard InChI is InChI=1S/C14H24BrN3/c1-4-7-13-17-12(15)10-14(18-13)16-9-6-5-8-11(2)3/h10-11H,4-9H2,1-3H3,(H,16,17,18). The highest BCUT2D eigenvalue weighted by molar-refractivity contribution is 9.10. The molecule has 3 nitrogen and oxygen atoms in total. The zero-order valence-electron chi connectivity index (χ0n) is 11.7. The first-order valence-corrected chi connectivity index (χ1v) is 7.68. The van der Waals surface area contributed by atoms with Crippen LogP contribution in [-0.2, 0) is 6.42 Å². The second-order valence-electron chi connectivity index (χ2n) is 5.06. The SMILES string of the molecule is CCCc1nc(Br)cc(NCCCCC(C)C)n1. The third-order valence-corrected chi connectivity index (χ3v) is 3.14. The highest BCUT2D eigenvalue weighted by Crippen LogP contribution is 2.14. The zero-order valence-corrected chi connectivity index (χ0v) is 13.3. The summed E-state index contributed by atoms with van der Waals surface area (Å²) >= 11 is 3.43. The van der Waals surface area contributed by atoms with E-state index in [2.05, 4.69) is 52.0 Å². The van der Waals surface area contributed by atoms with Gasteiger partial charge in [-0.1, -0.05) is 33.6 Å². The van der Waals surface area contributed by atoms with Crippen molar-refractivity contribution in [2.45, 2.75) is 52.9 Å². The number of anilines is 1. The monoisotopic (exact) mass is 313 g/mol. The fourth-order valence-electron chi connectivity index (χ4n) is 1.78. The van der Waals surface area contributed by atoms with Gasteiger partial charge in [0.1, 0.15) is 16.2 Å². The Bertz CT molecular complexity index is 353. The van der Waals surface area contributed by atoms with Gasteiger partial charge < -0.3 is 5.32 Å². The summed E-state index contributed by atoms with van der Waals surface area (Å²) in [6.07, 6.45) is 5.78. The van der Waals surface area contributed by atoms with Crippen LogP contribution in [-0.4, -0.2) is 16.5 Å². The largest absolute Gasteiger partial charge is 0.370 e. The van der Waals surface area contributed by atoms with Crippen molar-refractivity contribution >= 4 is 21.7 Å². The van der Waals surface area contributed by atoms with E-state index in [9.17, 15) is 0 Å². The van der Waals surface area contributed by atoms with E-state index in [4.69, 9.17) is 0 Å². The molecule has 1 N–H and O–H groups in total. The molecule has 0 aliphatic carbocycles. The minimum atomic E-state index is 0.800. The molecule has 0 saturated heterocycles. The van der Waals surface area contributed by atoms with E-state index < -0.39 is 0 Å². The maximum absolute atomic E-state index is 4.50. The third kappa shape index (κ3) is 6.34. The van der Waals surface area contributed by atoms with Crippen molar-refractivity contribution in [3.8, 4) is 0 Å². The van der Waals surface area contributed by atoms with Gasteiger partial charge in [-0.3, -0.25) is 0 Å². The van der Waals surface area contributed by atoms with Gasteiger partial charge in [0.05, 0.1) is 0 Å². The Morgan fingerprint density at radius 3 is 2.72 bits per heavy atom. The summed E-state index contributed by atoms with van der Waals surface area (Å²) in [5.41, 5.74) is 0. The van der Waals surface area contributed by atoms with Crippen LogP contribution in [0.4, 0.5) is 5.82 Å². The van der Waals surface area contributed by atoms with Gasteiger partial charge in [-0.05, 0) is 34.7 Å². The lowest BCUT2D eigenvalue weighted by atomic mass is 10.1. The van der Waals surface area contributed by atoms with E-state index in [1.165, 1.54) is 19.3 Å². The summed E-state index contributed by atoms with van der Waals surface area (Å²) < 4.78 is 0.866. The van der Waals surface area contributed by atoms with Crippen LogP contribution in [0.2, 0.25) is 0 Å². The van der Waals surface area contributed by atoms with Crippen molar-refractivity contribution in [1.29, 1.82) is 0 Å². The molecule has 1 heterocycles. The highest BCUT2D eigenvalue weighted by atomic mass is 79.9. The minimum absolute atomic E-state index is 0.800. The number of unbranched alkanes of at least 4 members (excludes halogenated alkanes) is 1. The smallest absolute Gasteiger partial charge is 0.132 e. The van der Waals surface area contributed by atoms with E-state index in [1.807, 2.05) is 6.07 Å². The number of halogens is 1. The van der Waals surface area contributed by atoms with Crippen LogP contribution in [0.3, 0.4) is 0 Å². The van der Waals surface area contributed by atoms with Gasteiger partial charge in [0.15, 0.2) is 0 Å². The van der Waals surface area contributed by atoms with Crippen molar-refractivity contribution in [2.24, 2.45) is 5.92 Å².